The molecule has 106 valence electrons. The molecule has 0 unspecified atom stereocenters. The minimum absolute atomic E-state index is 0.204. The van der Waals surface area contributed by atoms with Gasteiger partial charge in [0.15, 0.2) is 0 Å². The lowest BCUT2D eigenvalue weighted by atomic mass is 10.0. The highest BCUT2D eigenvalue weighted by Crippen LogP contribution is 2.19. The van der Waals surface area contributed by atoms with Crippen LogP contribution in [0.3, 0.4) is 0 Å². The summed E-state index contributed by atoms with van der Waals surface area (Å²) in [6.45, 7) is 7.50. The highest BCUT2D eigenvalue weighted by Gasteiger charge is 2.27. The van der Waals surface area contributed by atoms with Crippen molar-refractivity contribution >= 4 is 5.97 Å². The number of hydrogen-bond acceptors (Lipinski definition) is 4. The summed E-state index contributed by atoms with van der Waals surface area (Å²) in [5, 5.41) is 0. The summed E-state index contributed by atoms with van der Waals surface area (Å²) in [6.07, 6.45) is -0.552. The maximum Gasteiger partial charge on any atom is 0.323 e. The minimum Gasteiger partial charge on any atom is -0.486 e. The highest BCUT2D eigenvalue weighted by molar-refractivity contribution is 5.75. The van der Waals surface area contributed by atoms with E-state index in [9.17, 15) is 4.79 Å². The van der Waals surface area contributed by atoms with Crippen molar-refractivity contribution in [2.75, 3.05) is 0 Å². The van der Waals surface area contributed by atoms with Gasteiger partial charge in [-0.25, -0.2) is 0 Å². The van der Waals surface area contributed by atoms with Crippen molar-refractivity contribution in [3.05, 3.63) is 30.3 Å². The van der Waals surface area contributed by atoms with Gasteiger partial charge in [0.25, 0.3) is 0 Å². The third kappa shape index (κ3) is 4.91. The minimum atomic E-state index is -0.619. The first-order valence-corrected chi connectivity index (χ1v) is 6.59. The second kappa shape index (κ2) is 7.14. The predicted octanol–water partition coefficient (Wildman–Crippen LogP) is 2.37. The van der Waals surface area contributed by atoms with E-state index in [0.29, 0.717) is 0 Å². The average Bonchev–Trinajstić information content (AvgIpc) is 2.36. The summed E-state index contributed by atoms with van der Waals surface area (Å²) in [7, 11) is 0. The molecule has 0 radical (unpaired) electrons. The zero-order chi connectivity index (χ0) is 14.4. The monoisotopic (exact) mass is 265 g/mol. The van der Waals surface area contributed by atoms with Crippen molar-refractivity contribution in [2.24, 2.45) is 11.7 Å². The van der Waals surface area contributed by atoms with Crippen molar-refractivity contribution in [2.45, 2.75) is 45.9 Å². The molecule has 0 amide bonds. The van der Waals surface area contributed by atoms with Gasteiger partial charge in [0.05, 0.1) is 0 Å². The zero-order valence-electron chi connectivity index (χ0n) is 12.0. The summed E-state index contributed by atoms with van der Waals surface area (Å²) in [4.78, 5) is 11.5. The van der Waals surface area contributed by atoms with Crippen molar-refractivity contribution in [1.29, 1.82) is 0 Å². The Morgan fingerprint density at radius 1 is 1.11 bits per heavy atom. The molecule has 0 fully saturated rings. The van der Waals surface area contributed by atoms with Crippen LogP contribution in [0.15, 0.2) is 30.3 Å². The number of nitrogens with two attached hydrogens (primary N) is 1. The molecule has 0 spiro atoms. The van der Waals surface area contributed by atoms with Crippen LogP contribution in [0.25, 0.3) is 0 Å². The number of hydrogen-bond donors (Lipinski definition) is 1. The molecule has 19 heavy (non-hydrogen) atoms. The fourth-order valence-corrected chi connectivity index (χ4v) is 1.79. The molecule has 0 saturated heterocycles. The first-order chi connectivity index (χ1) is 8.91. The Bertz CT molecular complexity index is 390. The van der Waals surface area contributed by atoms with Gasteiger partial charge in [-0.15, -0.1) is 0 Å². The lowest BCUT2D eigenvalue weighted by Crippen LogP contribution is -2.41. The molecule has 0 saturated carbocycles. The molecule has 0 aliphatic carbocycles. The predicted molar refractivity (Wildman–Crippen MR) is 74.9 cm³/mol. The van der Waals surface area contributed by atoms with E-state index in [1.807, 2.05) is 51.1 Å². The lowest BCUT2D eigenvalue weighted by Gasteiger charge is -2.28. The Morgan fingerprint density at radius 2 is 1.68 bits per heavy atom. The van der Waals surface area contributed by atoms with E-state index in [0.717, 1.165) is 5.75 Å². The smallest absolute Gasteiger partial charge is 0.323 e. The standard InChI is InChI=1S/C15H23NO3/c1-10(2)14(12(4)18-15(17)11(3)16)19-13-8-6-5-7-9-13/h5-12,14H,16H2,1-4H3/t11-,12+,14+/m1/s1. The Balaban J connectivity index is 2.69. The van der Waals surface area contributed by atoms with E-state index in [-0.39, 0.29) is 18.1 Å². The largest absolute Gasteiger partial charge is 0.486 e. The van der Waals surface area contributed by atoms with Crippen LogP contribution in [0, 0.1) is 5.92 Å². The molecule has 2 N–H and O–H groups in total. The topological polar surface area (TPSA) is 61.5 Å². The molecule has 0 bridgehead atoms. The molecular weight excluding hydrogens is 242 g/mol. The molecule has 0 heterocycles. The molecule has 0 aromatic heterocycles. The first-order valence-electron chi connectivity index (χ1n) is 6.59. The molecule has 3 atom stereocenters. The number of esters is 1. The Morgan fingerprint density at radius 3 is 2.16 bits per heavy atom. The van der Waals surface area contributed by atoms with Gasteiger partial charge in [0.2, 0.25) is 0 Å². The highest BCUT2D eigenvalue weighted by atomic mass is 16.6. The third-order valence-corrected chi connectivity index (χ3v) is 2.81. The van der Waals surface area contributed by atoms with Gasteiger partial charge in [0, 0.05) is 0 Å². The number of ether oxygens (including phenoxy) is 2. The van der Waals surface area contributed by atoms with Gasteiger partial charge in [-0.2, -0.15) is 0 Å². The van der Waals surface area contributed by atoms with Gasteiger partial charge in [0.1, 0.15) is 24.0 Å². The van der Waals surface area contributed by atoms with Crippen LogP contribution in [-0.2, 0) is 9.53 Å². The summed E-state index contributed by atoms with van der Waals surface area (Å²) in [5.41, 5.74) is 5.50. The van der Waals surface area contributed by atoms with E-state index in [2.05, 4.69) is 0 Å². The fourth-order valence-electron chi connectivity index (χ4n) is 1.79. The van der Waals surface area contributed by atoms with Crippen LogP contribution in [0.1, 0.15) is 27.7 Å². The van der Waals surface area contributed by atoms with Crippen molar-refractivity contribution < 1.29 is 14.3 Å². The maximum absolute atomic E-state index is 11.5. The van der Waals surface area contributed by atoms with E-state index in [1.54, 1.807) is 6.92 Å². The van der Waals surface area contributed by atoms with Crippen LogP contribution >= 0.6 is 0 Å². The number of benzene rings is 1. The molecule has 4 nitrogen and oxygen atoms in total. The molecular formula is C15H23NO3. The fraction of sp³-hybridized carbons (Fsp3) is 0.533. The van der Waals surface area contributed by atoms with Crippen molar-refractivity contribution in [3.8, 4) is 5.75 Å². The Labute approximate surface area is 114 Å². The Kier molecular flexibility index (Phi) is 5.83. The van der Waals surface area contributed by atoms with Gasteiger partial charge in [-0.05, 0) is 31.9 Å². The molecule has 1 aromatic rings. The molecule has 0 aliphatic heterocycles. The maximum atomic E-state index is 11.5. The van der Waals surface area contributed by atoms with Crippen molar-refractivity contribution in [3.63, 3.8) is 0 Å². The quantitative estimate of drug-likeness (QED) is 0.802. The molecule has 4 heteroatoms. The van der Waals surface area contributed by atoms with E-state index >= 15 is 0 Å². The van der Waals surface area contributed by atoms with Crippen LogP contribution in [-0.4, -0.2) is 24.2 Å². The lowest BCUT2D eigenvalue weighted by molar-refractivity contribution is -0.155. The SMILES string of the molecule is CC(C)[C@H](Oc1ccccc1)[C@H](C)OC(=O)[C@@H](C)N. The summed E-state index contributed by atoms with van der Waals surface area (Å²) < 4.78 is 11.2. The van der Waals surface area contributed by atoms with E-state index < -0.39 is 12.0 Å². The number of carbonyl (C=O) groups excluding carboxylic acids is 1. The number of rotatable bonds is 6. The number of para-hydroxylation sites is 1. The second-order valence-electron chi connectivity index (χ2n) is 5.07. The Hall–Kier alpha value is -1.55. The van der Waals surface area contributed by atoms with E-state index in [4.69, 9.17) is 15.2 Å². The summed E-state index contributed by atoms with van der Waals surface area (Å²) >= 11 is 0. The molecule has 0 aliphatic rings. The van der Waals surface area contributed by atoms with Crippen LogP contribution in [0.5, 0.6) is 5.75 Å². The van der Waals surface area contributed by atoms with Gasteiger partial charge in [-0.3, -0.25) is 4.79 Å². The average molecular weight is 265 g/mol. The summed E-state index contributed by atoms with van der Waals surface area (Å²) in [5.74, 6) is 0.579. The van der Waals surface area contributed by atoms with Gasteiger partial charge < -0.3 is 15.2 Å². The van der Waals surface area contributed by atoms with Crippen molar-refractivity contribution in [1.82, 2.24) is 0 Å². The van der Waals surface area contributed by atoms with Crippen LogP contribution < -0.4 is 10.5 Å². The zero-order valence-corrected chi connectivity index (χ0v) is 12.0. The first kappa shape index (κ1) is 15.5. The van der Waals surface area contributed by atoms with Crippen LogP contribution in [0.4, 0.5) is 0 Å². The molecule has 1 rings (SSSR count). The van der Waals surface area contributed by atoms with Gasteiger partial charge >= 0.3 is 5.97 Å². The van der Waals surface area contributed by atoms with Gasteiger partial charge in [-0.1, -0.05) is 32.0 Å². The number of carbonyl (C=O) groups is 1. The molecule has 1 aromatic carbocycles. The van der Waals surface area contributed by atoms with E-state index in [1.165, 1.54) is 0 Å². The normalized spacial score (nSPS) is 15.7. The third-order valence-electron chi connectivity index (χ3n) is 2.81. The second-order valence-corrected chi connectivity index (χ2v) is 5.07. The summed E-state index contributed by atoms with van der Waals surface area (Å²) in [6, 6.07) is 8.89. The van der Waals surface area contributed by atoms with Crippen LogP contribution in [0.2, 0.25) is 0 Å².